The van der Waals surface area contributed by atoms with E-state index in [1.165, 1.54) is 5.56 Å². The number of amides is 1. The lowest BCUT2D eigenvalue weighted by molar-refractivity contribution is 0.0823. The summed E-state index contributed by atoms with van der Waals surface area (Å²) in [5.74, 6) is -0.00538. The van der Waals surface area contributed by atoms with E-state index in [1.54, 1.807) is 6.20 Å². The molecule has 1 amide bonds. The Morgan fingerprint density at radius 3 is 2.40 bits per heavy atom. The minimum absolute atomic E-state index is 0.00538. The predicted octanol–water partition coefficient (Wildman–Crippen LogP) is 3.74. The summed E-state index contributed by atoms with van der Waals surface area (Å²) in [5, 5.41) is 7.48. The van der Waals surface area contributed by atoms with Crippen LogP contribution in [0, 0.1) is 0 Å². The molecule has 4 nitrogen and oxygen atoms in total. The van der Waals surface area contributed by atoms with Crippen LogP contribution >= 0.6 is 0 Å². The first-order valence-electron chi connectivity index (χ1n) is 8.70. The SMILES string of the molecule is O=C(NC1(c2ccccc2)CCC1)c1ccc(Cn2cccn2)cc1. The second-order valence-electron chi connectivity index (χ2n) is 6.66. The molecular formula is C21H21N3O. The molecule has 4 heteroatoms. The van der Waals surface area contributed by atoms with Crippen molar-refractivity contribution in [1.82, 2.24) is 15.1 Å². The third-order valence-corrected chi connectivity index (χ3v) is 5.01. The van der Waals surface area contributed by atoms with Gasteiger partial charge in [-0.1, -0.05) is 42.5 Å². The standard InChI is InChI=1S/C21H21N3O/c25-20(23-21(12-4-13-21)19-6-2-1-3-7-19)18-10-8-17(9-11-18)16-24-15-5-14-22-24/h1-3,5-11,14-15H,4,12-13,16H2,(H,23,25). The highest BCUT2D eigenvalue weighted by Gasteiger charge is 2.39. The Bertz CT molecular complexity index is 835. The van der Waals surface area contributed by atoms with Gasteiger partial charge in [-0.2, -0.15) is 5.10 Å². The van der Waals surface area contributed by atoms with E-state index in [0.717, 1.165) is 24.8 Å². The summed E-state index contributed by atoms with van der Waals surface area (Å²) in [6.07, 6.45) is 6.85. The molecule has 1 aliphatic carbocycles. The molecule has 0 aliphatic heterocycles. The van der Waals surface area contributed by atoms with Crippen molar-refractivity contribution in [3.63, 3.8) is 0 Å². The van der Waals surface area contributed by atoms with Crippen molar-refractivity contribution in [2.24, 2.45) is 0 Å². The highest BCUT2D eigenvalue weighted by Crippen LogP contribution is 2.41. The van der Waals surface area contributed by atoms with Crippen LogP contribution < -0.4 is 5.32 Å². The highest BCUT2D eigenvalue weighted by molar-refractivity contribution is 5.94. The van der Waals surface area contributed by atoms with Crippen molar-refractivity contribution >= 4 is 5.91 Å². The predicted molar refractivity (Wildman–Crippen MR) is 97.2 cm³/mol. The second kappa shape index (κ2) is 6.55. The van der Waals surface area contributed by atoms with E-state index < -0.39 is 0 Å². The highest BCUT2D eigenvalue weighted by atomic mass is 16.1. The van der Waals surface area contributed by atoms with Gasteiger partial charge in [0.15, 0.2) is 0 Å². The summed E-state index contributed by atoms with van der Waals surface area (Å²) in [6, 6.07) is 20.0. The first-order valence-corrected chi connectivity index (χ1v) is 8.70. The van der Waals surface area contributed by atoms with Crippen molar-refractivity contribution in [3.05, 3.63) is 89.7 Å². The Labute approximate surface area is 147 Å². The Balaban J connectivity index is 1.47. The van der Waals surface area contributed by atoms with Gasteiger partial charge in [0.2, 0.25) is 0 Å². The van der Waals surface area contributed by atoms with Gasteiger partial charge in [0.1, 0.15) is 0 Å². The van der Waals surface area contributed by atoms with Crippen molar-refractivity contribution < 1.29 is 4.79 Å². The van der Waals surface area contributed by atoms with Gasteiger partial charge < -0.3 is 5.32 Å². The van der Waals surface area contributed by atoms with Crippen LogP contribution in [-0.4, -0.2) is 15.7 Å². The number of benzene rings is 2. The summed E-state index contributed by atoms with van der Waals surface area (Å²) in [4.78, 5) is 12.7. The maximum Gasteiger partial charge on any atom is 0.251 e. The molecule has 0 saturated heterocycles. The smallest absolute Gasteiger partial charge is 0.251 e. The monoisotopic (exact) mass is 331 g/mol. The number of rotatable bonds is 5. The summed E-state index contributed by atoms with van der Waals surface area (Å²) < 4.78 is 1.87. The number of carbonyl (C=O) groups excluding carboxylic acids is 1. The Hall–Kier alpha value is -2.88. The van der Waals surface area contributed by atoms with E-state index in [-0.39, 0.29) is 11.4 Å². The molecule has 4 rings (SSSR count). The average Bonchev–Trinajstić information content (AvgIpc) is 3.12. The molecule has 1 saturated carbocycles. The number of hydrogen-bond acceptors (Lipinski definition) is 2. The molecule has 0 radical (unpaired) electrons. The summed E-state index contributed by atoms with van der Waals surface area (Å²) in [6.45, 7) is 0.711. The van der Waals surface area contributed by atoms with Gasteiger partial charge in [-0.15, -0.1) is 0 Å². The molecule has 1 fully saturated rings. The van der Waals surface area contributed by atoms with Crippen LogP contribution in [-0.2, 0) is 12.1 Å². The van der Waals surface area contributed by atoms with Crippen LogP contribution in [0.1, 0.15) is 40.7 Å². The number of hydrogen-bond donors (Lipinski definition) is 1. The maximum absolute atomic E-state index is 12.7. The summed E-state index contributed by atoms with van der Waals surface area (Å²) in [5.41, 5.74) is 2.82. The van der Waals surface area contributed by atoms with Crippen LogP contribution in [0.25, 0.3) is 0 Å². The number of nitrogens with one attached hydrogen (secondary N) is 1. The van der Waals surface area contributed by atoms with Crippen molar-refractivity contribution in [2.45, 2.75) is 31.3 Å². The third kappa shape index (κ3) is 3.20. The molecule has 0 spiro atoms. The molecule has 0 atom stereocenters. The largest absolute Gasteiger partial charge is 0.343 e. The summed E-state index contributed by atoms with van der Waals surface area (Å²) in [7, 11) is 0. The molecule has 0 unspecified atom stereocenters. The topological polar surface area (TPSA) is 46.9 Å². The molecule has 0 bridgehead atoms. The van der Waals surface area contributed by atoms with E-state index in [0.29, 0.717) is 12.1 Å². The molecular weight excluding hydrogens is 310 g/mol. The molecule has 1 N–H and O–H groups in total. The minimum atomic E-state index is -0.202. The third-order valence-electron chi connectivity index (χ3n) is 5.01. The van der Waals surface area contributed by atoms with Crippen molar-refractivity contribution in [1.29, 1.82) is 0 Å². The fourth-order valence-electron chi connectivity index (χ4n) is 3.41. The molecule has 2 aromatic carbocycles. The number of carbonyl (C=O) groups is 1. The van der Waals surface area contributed by atoms with Gasteiger partial charge in [-0.3, -0.25) is 9.48 Å². The van der Waals surface area contributed by atoms with Crippen LogP contribution in [0.3, 0.4) is 0 Å². The molecule has 126 valence electrons. The van der Waals surface area contributed by atoms with E-state index in [9.17, 15) is 4.79 Å². The zero-order chi connectivity index (χ0) is 17.1. The Morgan fingerprint density at radius 2 is 1.80 bits per heavy atom. The quantitative estimate of drug-likeness (QED) is 0.774. The van der Waals surface area contributed by atoms with E-state index in [2.05, 4.69) is 22.5 Å². The number of nitrogens with zero attached hydrogens (tertiary/aromatic N) is 2. The lowest BCUT2D eigenvalue weighted by Gasteiger charge is -2.43. The molecule has 1 aliphatic rings. The van der Waals surface area contributed by atoms with Gasteiger partial charge in [0, 0.05) is 18.0 Å². The van der Waals surface area contributed by atoms with Gasteiger partial charge in [-0.25, -0.2) is 0 Å². The van der Waals surface area contributed by atoms with Crippen molar-refractivity contribution in [3.8, 4) is 0 Å². The Kier molecular flexibility index (Phi) is 4.10. The average molecular weight is 331 g/mol. The fourth-order valence-corrected chi connectivity index (χ4v) is 3.41. The lowest BCUT2D eigenvalue weighted by atomic mass is 9.71. The molecule has 1 aromatic heterocycles. The zero-order valence-corrected chi connectivity index (χ0v) is 14.1. The minimum Gasteiger partial charge on any atom is -0.343 e. The zero-order valence-electron chi connectivity index (χ0n) is 14.1. The van der Waals surface area contributed by atoms with Gasteiger partial charge >= 0.3 is 0 Å². The normalized spacial score (nSPS) is 15.4. The van der Waals surface area contributed by atoms with E-state index in [1.807, 2.05) is 59.4 Å². The van der Waals surface area contributed by atoms with Crippen LogP contribution in [0.5, 0.6) is 0 Å². The van der Waals surface area contributed by atoms with Crippen LogP contribution in [0.2, 0.25) is 0 Å². The van der Waals surface area contributed by atoms with Crippen molar-refractivity contribution in [2.75, 3.05) is 0 Å². The lowest BCUT2D eigenvalue weighted by Crippen LogP contribution is -2.50. The molecule has 3 aromatic rings. The van der Waals surface area contributed by atoms with Crippen LogP contribution in [0.15, 0.2) is 73.1 Å². The maximum atomic E-state index is 12.7. The van der Waals surface area contributed by atoms with E-state index in [4.69, 9.17) is 0 Å². The second-order valence-corrected chi connectivity index (χ2v) is 6.66. The first-order chi connectivity index (χ1) is 12.3. The molecule has 25 heavy (non-hydrogen) atoms. The number of aromatic nitrogens is 2. The van der Waals surface area contributed by atoms with Gasteiger partial charge in [-0.05, 0) is 48.6 Å². The van der Waals surface area contributed by atoms with E-state index >= 15 is 0 Å². The molecule has 1 heterocycles. The summed E-state index contributed by atoms with van der Waals surface area (Å²) >= 11 is 0. The first kappa shape index (κ1) is 15.6. The van der Waals surface area contributed by atoms with Crippen LogP contribution in [0.4, 0.5) is 0 Å². The van der Waals surface area contributed by atoms with Gasteiger partial charge in [0.25, 0.3) is 5.91 Å². The fraction of sp³-hybridized carbons (Fsp3) is 0.238. The Morgan fingerprint density at radius 1 is 1.04 bits per heavy atom. The van der Waals surface area contributed by atoms with Gasteiger partial charge in [0.05, 0.1) is 12.1 Å².